The number of hydrogen-bond donors (Lipinski definition) is 2. The fourth-order valence-corrected chi connectivity index (χ4v) is 4.09. The van der Waals surface area contributed by atoms with Gasteiger partial charge in [0, 0.05) is 5.69 Å². The average molecular weight is 437 g/mol. The van der Waals surface area contributed by atoms with Gasteiger partial charge in [-0.2, -0.15) is 0 Å². The number of hydrazine groups is 1. The molecule has 2 amide bonds. The molecular weight excluding hydrogens is 414 g/mol. The number of nitrogens with zero attached hydrogens (tertiary/aromatic N) is 1. The van der Waals surface area contributed by atoms with Gasteiger partial charge >= 0.3 is 0 Å². The van der Waals surface area contributed by atoms with E-state index in [1.165, 1.54) is 5.01 Å². The Balaban J connectivity index is 1.55. The number of ether oxygens (including phenoxy) is 1. The van der Waals surface area contributed by atoms with Gasteiger partial charge in [-0.25, -0.2) is 5.01 Å². The van der Waals surface area contributed by atoms with Crippen molar-refractivity contribution in [2.24, 2.45) is 0 Å². The van der Waals surface area contributed by atoms with Crippen molar-refractivity contribution >= 4 is 28.3 Å². The lowest BCUT2D eigenvalue weighted by molar-refractivity contribution is 0.0489. The highest BCUT2D eigenvalue weighted by molar-refractivity contribution is 6.04. The summed E-state index contributed by atoms with van der Waals surface area (Å²) in [6.45, 7) is 2.29. The van der Waals surface area contributed by atoms with Crippen molar-refractivity contribution in [1.29, 1.82) is 0 Å². The first kappa shape index (κ1) is 20.6. The maximum atomic E-state index is 13.5. The van der Waals surface area contributed by atoms with Crippen LogP contribution in [0.5, 0.6) is 5.75 Å². The Hall–Kier alpha value is -4.32. The molecule has 1 aliphatic heterocycles. The predicted molar refractivity (Wildman–Crippen MR) is 128 cm³/mol. The summed E-state index contributed by atoms with van der Waals surface area (Å²) < 4.78 is 5.61. The maximum Gasteiger partial charge on any atom is 0.276 e. The van der Waals surface area contributed by atoms with Crippen LogP contribution < -0.4 is 15.5 Å². The molecule has 5 rings (SSSR count). The van der Waals surface area contributed by atoms with Gasteiger partial charge in [0.1, 0.15) is 11.9 Å². The molecule has 4 aromatic carbocycles. The van der Waals surface area contributed by atoms with E-state index in [9.17, 15) is 9.59 Å². The van der Waals surface area contributed by atoms with Gasteiger partial charge in [-0.1, -0.05) is 60.7 Å². The van der Waals surface area contributed by atoms with Crippen LogP contribution in [0.2, 0.25) is 0 Å². The smallest absolute Gasteiger partial charge is 0.276 e. The molecule has 6 nitrogen and oxygen atoms in total. The summed E-state index contributed by atoms with van der Waals surface area (Å²) in [6.07, 6.45) is -0.583. The van der Waals surface area contributed by atoms with Crippen molar-refractivity contribution in [3.8, 4) is 5.75 Å². The van der Waals surface area contributed by atoms with E-state index in [4.69, 9.17) is 4.74 Å². The van der Waals surface area contributed by atoms with E-state index in [1.807, 2.05) is 67.6 Å². The second kappa shape index (κ2) is 8.67. The predicted octanol–water partition coefficient (Wildman–Crippen LogP) is 5.15. The molecule has 1 aliphatic rings. The Bertz CT molecular complexity index is 1350. The van der Waals surface area contributed by atoms with E-state index in [2.05, 4.69) is 10.7 Å². The minimum absolute atomic E-state index is 0.287. The summed E-state index contributed by atoms with van der Waals surface area (Å²) in [5, 5.41) is 6.93. The Morgan fingerprint density at radius 2 is 1.67 bits per heavy atom. The standard InChI is InChI=1S/C27H23N3O3/c1-2-33-24-14-8-6-12-22(24)26(31)29-30-25(28-23-13-7-5-11-21(23)27(30)32)20-16-15-18-9-3-4-10-19(18)17-20/h3-17,25,28H,2H2,1H3,(H,29,31)/t25-/m0/s1. The van der Waals surface area contributed by atoms with Gasteiger partial charge < -0.3 is 10.1 Å². The van der Waals surface area contributed by atoms with Crippen molar-refractivity contribution in [2.45, 2.75) is 13.1 Å². The molecule has 0 bridgehead atoms. The van der Waals surface area contributed by atoms with Crippen molar-refractivity contribution in [3.63, 3.8) is 0 Å². The molecule has 2 N–H and O–H groups in total. The largest absolute Gasteiger partial charge is 0.493 e. The summed E-state index contributed by atoms with van der Waals surface area (Å²) in [7, 11) is 0. The van der Waals surface area contributed by atoms with Crippen LogP contribution in [0, 0.1) is 0 Å². The average Bonchev–Trinajstić information content (AvgIpc) is 2.86. The fraction of sp³-hybridized carbons (Fsp3) is 0.111. The minimum atomic E-state index is -0.583. The van der Waals surface area contributed by atoms with Crippen molar-refractivity contribution < 1.29 is 14.3 Å². The van der Waals surface area contributed by atoms with Crippen LogP contribution in [0.3, 0.4) is 0 Å². The molecule has 6 heteroatoms. The van der Waals surface area contributed by atoms with E-state index < -0.39 is 12.1 Å². The minimum Gasteiger partial charge on any atom is -0.493 e. The SMILES string of the molecule is CCOc1ccccc1C(=O)NN1C(=O)c2ccccc2N[C@@H]1c1ccc2ccccc2c1. The molecule has 0 saturated heterocycles. The van der Waals surface area contributed by atoms with Gasteiger partial charge in [0.25, 0.3) is 11.8 Å². The highest BCUT2D eigenvalue weighted by atomic mass is 16.5. The van der Waals surface area contributed by atoms with Gasteiger partial charge in [-0.05, 0) is 53.6 Å². The lowest BCUT2D eigenvalue weighted by Crippen LogP contribution is -2.52. The van der Waals surface area contributed by atoms with Crippen LogP contribution in [0.15, 0.2) is 91.0 Å². The van der Waals surface area contributed by atoms with E-state index in [0.29, 0.717) is 23.5 Å². The van der Waals surface area contributed by atoms with Crippen LogP contribution in [-0.2, 0) is 0 Å². The lowest BCUT2D eigenvalue weighted by atomic mass is 10.0. The Labute approximate surface area is 191 Å². The monoisotopic (exact) mass is 437 g/mol. The number of anilines is 1. The molecule has 0 aliphatic carbocycles. The van der Waals surface area contributed by atoms with E-state index >= 15 is 0 Å². The van der Waals surface area contributed by atoms with Gasteiger partial charge in [-0.3, -0.25) is 15.0 Å². The number of hydrogen-bond acceptors (Lipinski definition) is 4. The van der Waals surface area contributed by atoms with Crippen LogP contribution >= 0.6 is 0 Å². The summed E-state index contributed by atoms with van der Waals surface area (Å²) >= 11 is 0. The van der Waals surface area contributed by atoms with Crippen LogP contribution in [0.4, 0.5) is 5.69 Å². The summed E-state index contributed by atoms with van der Waals surface area (Å²) in [5.74, 6) is -0.235. The molecule has 4 aromatic rings. The second-order valence-corrected chi connectivity index (χ2v) is 7.74. The number of fused-ring (bicyclic) bond motifs is 2. The highest BCUT2D eigenvalue weighted by Gasteiger charge is 2.34. The Kier molecular flexibility index (Phi) is 5.40. The van der Waals surface area contributed by atoms with Crippen LogP contribution in [0.1, 0.15) is 39.4 Å². The second-order valence-electron chi connectivity index (χ2n) is 7.74. The molecule has 164 valence electrons. The third-order valence-electron chi connectivity index (χ3n) is 5.67. The van der Waals surface area contributed by atoms with E-state index in [0.717, 1.165) is 22.0 Å². The fourth-order valence-electron chi connectivity index (χ4n) is 4.09. The third-order valence-corrected chi connectivity index (χ3v) is 5.67. The number of carbonyl (C=O) groups excluding carboxylic acids is 2. The van der Waals surface area contributed by atoms with Crippen molar-refractivity contribution in [1.82, 2.24) is 10.4 Å². The molecule has 0 unspecified atom stereocenters. The Morgan fingerprint density at radius 3 is 2.52 bits per heavy atom. The number of amides is 2. The molecule has 1 heterocycles. The topological polar surface area (TPSA) is 70.7 Å². The lowest BCUT2D eigenvalue weighted by Gasteiger charge is -2.38. The first-order valence-corrected chi connectivity index (χ1v) is 10.9. The quantitative estimate of drug-likeness (QED) is 0.453. The summed E-state index contributed by atoms with van der Waals surface area (Å²) in [5.41, 5.74) is 5.26. The van der Waals surface area contributed by atoms with Gasteiger partial charge in [0.05, 0.1) is 17.7 Å². The first-order chi connectivity index (χ1) is 16.2. The van der Waals surface area contributed by atoms with Crippen LogP contribution in [-0.4, -0.2) is 23.4 Å². The summed E-state index contributed by atoms with van der Waals surface area (Å²) in [6, 6.07) is 28.3. The van der Waals surface area contributed by atoms with Gasteiger partial charge in [0.2, 0.25) is 0 Å². The number of nitrogens with one attached hydrogen (secondary N) is 2. The zero-order chi connectivity index (χ0) is 22.8. The molecule has 0 saturated carbocycles. The molecular formula is C27H23N3O3. The zero-order valence-corrected chi connectivity index (χ0v) is 18.1. The third kappa shape index (κ3) is 3.87. The maximum absolute atomic E-state index is 13.5. The van der Waals surface area contributed by atoms with Gasteiger partial charge in [0.15, 0.2) is 0 Å². The van der Waals surface area contributed by atoms with E-state index in [-0.39, 0.29) is 5.91 Å². The Morgan fingerprint density at radius 1 is 0.939 bits per heavy atom. The normalized spacial score (nSPS) is 15.0. The van der Waals surface area contributed by atoms with Crippen molar-refractivity contribution in [2.75, 3.05) is 11.9 Å². The molecule has 0 spiro atoms. The zero-order valence-electron chi connectivity index (χ0n) is 18.1. The number of carbonyl (C=O) groups is 2. The molecule has 0 aromatic heterocycles. The molecule has 1 atom stereocenters. The van der Waals surface area contributed by atoms with Gasteiger partial charge in [-0.15, -0.1) is 0 Å². The molecule has 0 radical (unpaired) electrons. The first-order valence-electron chi connectivity index (χ1n) is 10.9. The summed E-state index contributed by atoms with van der Waals surface area (Å²) in [4.78, 5) is 26.7. The number of para-hydroxylation sites is 2. The molecule has 33 heavy (non-hydrogen) atoms. The van der Waals surface area contributed by atoms with Crippen LogP contribution in [0.25, 0.3) is 10.8 Å². The number of rotatable bonds is 5. The van der Waals surface area contributed by atoms with Crippen molar-refractivity contribution in [3.05, 3.63) is 108 Å². The molecule has 0 fully saturated rings. The number of benzene rings is 4. The van der Waals surface area contributed by atoms with E-state index in [1.54, 1.807) is 30.3 Å². The highest BCUT2D eigenvalue weighted by Crippen LogP contribution is 2.33.